The van der Waals surface area contributed by atoms with Gasteiger partial charge in [-0.2, -0.15) is 0 Å². The molecule has 0 radical (unpaired) electrons. The van der Waals surface area contributed by atoms with Crippen LogP contribution in [-0.2, 0) is 23.0 Å². The molecule has 2 aliphatic rings. The zero-order valence-corrected chi connectivity index (χ0v) is 10.5. The van der Waals surface area contributed by atoms with Crippen LogP contribution in [0, 0.1) is 0 Å². The maximum absolute atomic E-state index is 12.1. The summed E-state index contributed by atoms with van der Waals surface area (Å²) in [5.74, 6) is 0. The van der Waals surface area contributed by atoms with Crippen molar-refractivity contribution in [3.8, 4) is 0 Å². The van der Waals surface area contributed by atoms with E-state index in [1.807, 2.05) is 24.3 Å². The molecule has 2 heterocycles. The average molecular weight is 260 g/mol. The fourth-order valence-corrected chi connectivity index (χ4v) is 4.30. The van der Waals surface area contributed by atoms with Gasteiger partial charge in [-0.15, -0.1) is 0 Å². The van der Waals surface area contributed by atoms with E-state index in [4.69, 9.17) is 0 Å². The Morgan fingerprint density at radius 1 is 1.22 bits per heavy atom. The molecule has 2 aromatic carbocycles. The zero-order valence-electron chi connectivity index (χ0n) is 9.66. The second-order valence-electron chi connectivity index (χ2n) is 4.77. The quantitative estimate of drug-likeness (QED) is 0.756. The number of anilines is 1. The molecule has 2 aromatic rings. The fraction of sp³-hybridized carbons (Fsp3) is 0.231. The Bertz CT molecular complexity index is 781. The molecule has 0 fully saturated rings. The van der Waals surface area contributed by atoms with Crippen molar-refractivity contribution in [3.05, 3.63) is 35.4 Å². The molecule has 2 N–H and O–H groups in total. The van der Waals surface area contributed by atoms with Crippen LogP contribution < -0.4 is 10.0 Å². The monoisotopic (exact) mass is 260 g/mol. The number of rotatable bonds is 0. The molecule has 2 aliphatic heterocycles. The van der Waals surface area contributed by atoms with Crippen molar-refractivity contribution in [2.45, 2.75) is 17.9 Å². The molecular weight excluding hydrogens is 248 g/mol. The molecule has 0 spiro atoms. The molecule has 0 aliphatic carbocycles. The maximum atomic E-state index is 12.1. The lowest BCUT2D eigenvalue weighted by Gasteiger charge is -2.19. The first-order valence-corrected chi connectivity index (χ1v) is 7.46. The molecular formula is C13H12N2O2S. The van der Waals surface area contributed by atoms with Crippen LogP contribution in [0.2, 0.25) is 0 Å². The fourth-order valence-electron chi connectivity index (χ4n) is 2.95. The highest BCUT2D eigenvalue weighted by molar-refractivity contribution is 7.93. The summed E-state index contributed by atoms with van der Waals surface area (Å²) in [6.45, 7) is 1.70. The lowest BCUT2D eigenvalue weighted by atomic mass is 9.93. The normalized spacial score (nSPS) is 19.6. The minimum Gasteiger partial charge on any atom is -0.312 e. The minimum absolute atomic E-state index is 0.426. The van der Waals surface area contributed by atoms with Crippen molar-refractivity contribution in [2.75, 3.05) is 11.3 Å². The Morgan fingerprint density at radius 3 is 3.00 bits per heavy atom. The maximum Gasteiger partial charge on any atom is 0.262 e. The predicted molar refractivity (Wildman–Crippen MR) is 70.2 cm³/mol. The van der Waals surface area contributed by atoms with Crippen LogP contribution in [0.15, 0.2) is 29.2 Å². The molecule has 0 bridgehead atoms. The average Bonchev–Trinajstić information content (AvgIpc) is 2.62. The van der Waals surface area contributed by atoms with Gasteiger partial charge >= 0.3 is 0 Å². The van der Waals surface area contributed by atoms with Crippen molar-refractivity contribution >= 4 is 26.5 Å². The molecule has 5 heteroatoms. The summed E-state index contributed by atoms with van der Waals surface area (Å²) in [6.07, 6.45) is 0.954. The smallest absolute Gasteiger partial charge is 0.262 e. The number of nitrogens with one attached hydrogen (secondary N) is 2. The molecule has 4 rings (SSSR count). The topological polar surface area (TPSA) is 58.2 Å². The van der Waals surface area contributed by atoms with Gasteiger partial charge in [-0.3, -0.25) is 4.72 Å². The zero-order chi connectivity index (χ0) is 12.3. The van der Waals surface area contributed by atoms with Gasteiger partial charge in [-0.25, -0.2) is 8.42 Å². The highest BCUT2D eigenvalue weighted by atomic mass is 32.2. The first kappa shape index (κ1) is 10.3. The first-order chi connectivity index (χ1) is 8.67. The molecule has 0 atom stereocenters. The van der Waals surface area contributed by atoms with E-state index in [2.05, 4.69) is 10.0 Å². The number of benzene rings is 2. The molecule has 0 amide bonds. The van der Waals surface area contributed by atoms with Crippen molar-refractivity contribution in [1.29, 1.82) is 0 Å². The first-order valence-electron chi connectivity index (χ1n) is 5.98. The molecule has 0 saturated heterocycles. The number of hydrogen-bond donors (Lipinski definition) is 2. The van der Waals surface area contributed by atoms with Crippen LogP contribution in [0.1, 0.15) is 11.1 Å². The van der Waals surface area contributed by atoms with Crippen LogP contribution >= 0.6 is 0 Å². The molecule has 18 heavy (non-hydrogen) atoms. The largest absolute Gasteiger partial charge is 0.312 e. The number of fused-ring (bicyclic) bond motifs is 2. The SMILES string of the molecule is O=S1(=O)Nc2cccc3c4c(cc1c23)CNCC4. The van der Waals surface area contributed by atoms with Crippen LogP contribution in [0.4, 0.5) is 5.69 Å². The van der Waals surface area contributed by atoms with Crippen molar-refractivity contribution in [1.82, 2.24) is 5.32 Å². The molecule has 0 unspecified atom stereocenters. The third-order valence-electron chi connectivity index (χ3n) is 3.73. The summed E-state index contributed by atoms with van der Waals surface area (Å²) in [5.41, 5.74) is 3.10. The summed E-state index contributed by atoms with van der Waals surface area (Å²) in [6, 6.07) is 7.58. The van der Waals surface area contributed by atoms with E-state index in [1.54, 1.807) is 0 Å². The standard InChI is InChI=1S/C13H12N2O2S/c16-18(17)12-6-8-7-14-5-4-9(8)10-2-1-3-11(15-18)13(10)12/h1-3,6,14-15H,4-5,7H2. The van der Waals surface area contributed by atoms with E-state index in [1.165, 1.54) is 5.56 Å². The van der Waals surface area contributed by atoms with Crippen LogP contribution in [0.5, 0.6) is 0 Å². The van der Waals surface area contributed by atoms with E-state index in [0.717, 1.165) is 35.8 Å². The second-order valence-corrected chi connectivity index (χ2v) is 6.42. The third-order valence-corrected chi connectivity index (χ3v) is 5.12. The predicted octanol–water partition coefficient (Wildman–Crippen LogP) is 1.60. The van der Waals surface area contributed by atoms with Gasteiger partial charge in [-0.1, -0.05) is 12.1 Å². The van der Waals surface area contributed by atoms with Gasteiger partial charge in [0.2, 0.25) is 0 Å². The van der Waals surface area contributed by atoms with E-state index >= 15 is 0 Å². The van der Waals surface area contributed by atoms with E-state index in [9.17, 15) is 8.42 Å². The number of hydrogen-bond acceptors (Lipinski definition) is 3. The van der Waals surface area contributed by atoms with E-state index < -0.39 is 10.0 Å². The number of sulfonamides is 1. The molecule has 92 valence electrons. The van der Waals surface area contributed by atoms with Gasteiger partial charge in [0.15, 0.2) is 0 Å². The Morgan fingerprint density at radius 2 is 2.11 bits per heavy atom. The van der Waals surface area contributed by atoms with Gasteiger partial charge in [0.25, 0.3) is 10.0 Å². The Balaban J connectivity index is 2.22. The van der Waals surface area contributed by atoms with Crippen molar-refractivity contribution in [2.24, 2.45) is 0 Å². The van der Waals surface area contributed by atoms with Gasteiger partial charge in [0.1, 0.15) is 0 Å². The van der Waals surface area contributed by atoms with E-state index in [0.29, 0.717) is 10.6 Å². The van der Waals surface area contributed by atoms with Gasteiger partial charge in [0.05, 0.1) is 10.6 Å². The summed E-state index contributed by atoms with van der Waals surface area (Å²) in [5, 5.41) is 5.22. The Kier molecular flexibility index (Phi) is 1.86. The lowest BCUT2D eigenvalue weighted by Crippen LogP contribution is -2.24. The Hall–Kier alpha value is -1.59. The van der Waals surface area contributed by atoms with Crippen molar-refractivity contribution in [3.63, 3.8) is 0 Å². The summed E-state index contributed by atoms with van der Waals surface area (Å²) in [4.78, 5) is 0.426. The molecule has 4 nitrogen and oxygen atoms in total. The summed E-state index contributed by atoms with van der Waals surface area (Å²) >= 11 is 0. The van der Waals surface area contributed by atoms with Gasteiger partial charge in [-0.05, 0) is 41.6 Å². The van der Waals surface area contributed by atoms with Crippen LogP contribution in [0.25, 0.3) is 10.8 Å². The summed E-state index contributed by atoms with van der Waals surface area (Å²) in [7, 11) is -3.37. The van der Waals surface area contributed by atoms with Gasteiger partial charge < -0.3 is 5.32 Å². The summed E-state index contributed by atoms with van der Waals surface area (Å²) < 4.78 is 26.8. The minimum atomic E-state index is -3.37. The highest BCUT2D eigenvalue weighted by Crippen LogP contribution is 2.40. The Labute approximate surface area is 105 Å². The molecule has 0 saturated carbocycles. The molecule has 0 aromatic heterocycles. The van der Waals surface area contributed by atoms with Crippen molar-refractivity contribution < 1.29 is 8.42 Å². The van der Waals surface area contributed by atoms with Crippen LogP contribution in [0.3, 0.4) is 0 Å². The van der Waals surface area contributed by atoms with Gasteiger partial charge in [0, 0.05) is 11.9 Å². The highest BCUT2D eigenvalue weighted by Gasteiger charge is 2.29. The second kappa shape index (κ2) is 3.24. The van der Waals surface area contributed by atoms with Crippen LogP contribution in [-0.4, -0.2) is 15.0 Å². The van der Waals surface area contributed by atoms with E-state index in [-0.39, 0.29) is 0 Å². The third kappa shape index (κ3) is 1.20. The lowest BCUT2D eigenvalue weighted by molar-refractivity contribution is 0.602.